The molecule has 102 valence electrons. The number of benzene rings is 1. The molecule has 0 fully saturated rings. The Hall–Kier alpha value is -1.74. The van der Waals surface area contributed by atoms with Gasteiger partial charge in [0.15, 0.2) is 0 Å². The van der Waals surface area contributed by atoms with E-state index in [1.165, 1.54) is 11.3 Å². The van der Waals surface area contributed by atoms with Crippen LogP contribution in [0.25, 0.3) is 0 Å². The van der Waals surface area contributed by atoms with E-state index in [1.807, 2.05) is 12.1 Å². The third-order valence-electron chi connectivity index (χ3n) is 3.13. The van der Waals surface area contributed by atoms with E-state index in [9.17, 15) is 0 Å². The molecule has 0 aliphatic rings. The zero-order valence-corrected chi connectivity index (χ0v) is 11.9. The highest BCUT2D eigenvalue weighted by Gasteiger charge is 2.13. The Bertz CT molecular complexity index is 491. The summed E-state index contributed by atoms with van der Waals surface area (Å²) in [6.07, 6.45) is 2.72. The molecule has 1 N–H and O–H groups in total. The van der Waals surface area contributed by atoms with E-state index in [4.69, 9.17) is 4.42 Å². The smallest absolute Gasteiger partial charge is 0.125 e. The van der Waals surface area contributed by atoms with Crippen LogP contribution in [0.5, 0.6) is 0 Å². The summed E-state index contributed by atoms with van der Waals surface area (Å²) in [7, 11) is 4.17. The number of furan rings is 1. The van der Waals surface area contributed by atoms with Crippen molar-refractivity contribution in [3.05, 3.63) is 54.0 Å². The molecule has 1 aromatic carbocycles. The molecule has 1 unspecified atom stereocenters. The van der Waals surface area contributed by atoms with Crippen LogP contribution in [0.2, 0.25) is 0 Å². The van der Waals surface area contributed by atoms with E-state index in [1.54, 1.807) is 6.26 Å². The topological polar surface area (TPSA) is 28.4 Å². The van der Waals surface area contributed by atoms with E-state index in [2.05, 4.69) is 55.5 Å². The largest absolute Gasteiger partial charge is 0.467 e. The van der Waals surface area contributed by atoms with Crippen molar-refractivity contribution in [2.75, 3.05) is 19.4 Å². The number of nitrogens with one attached hydrogen (secondary N) is 1. The van der Waals surface area contributed by atoms with Gasteiger partial charge in [0.1, 0.15) is 5.76 Å². The van der Waals surface area contributed by atoms with Crippen molar-refractivity contribution in [3.63, 3.8) is 0 Å². The van der Waals surface area contributed by atoms with Gasteiger partial charge in [-0.1, -0.05) is 25.1 Å². The maximum atomic E-state index is 5.51. The second kappa shape index (κ2) is 6.43. The highest BCUT2D eigenvalue weighted by molar-refractivity contribution is 5.52. The standard InChI is InChI=1S/C16H22N2O/c1-4-14(16-10-7-11-19-16)17-15-9-6-5-8-13(15)12-18(2)3/h5-11,14,17H,4,12H2,1-3H3. The van der Waals surface area contributed by atoms with Crippen LogP contribution >= 0.6 is 0 Å². The first-order valence-electron chi connectivity index (χ1n) is 6.73. The monoisotopic (exact) mass is 258 g/mol. The Kier molecular flexibility index (Phi) is 4.63. The second-order valence-corrected chi connectivity index (χ2v) is 5.02. The highest BCUT2D eigenvalue weighted by atomic mass is 16.3. The summed E-state index contributed by atoms with van der Waals surface area (Å²) in [5.74, 6) is 0.988. The molecule has 3 heteroatoms. The minimum Gasteiger partial charge on any atom is -0.467 e. The highest BCUT2D eigenvalue weighted by Crippen LogP contribution is 2.25. The predicted octanol–water partition coefficient (Wildman–Crippen LogP) is 3.90. The van der Waals surface area contributed by atoms with E-state index in [-0.39, 0.29) is 6.04 Å². The molecule has 0 saturated carbocycles. The number of hydrogen-bond acceptors (Lipinski definition) is 3. The van der Waals surface area contributed by atoms with Crippen LogP contribution in [0.4, 0.5) is 5.69 Å². The molecule has 1 aromatic heterocycles. The van der Waals surface area contributed by atoms with Gasteiger partial charge in [-0.2, -0.15) is 0 Å². The third kappa shape index (κ3) is 3.61. The van der Waals surface area contributed by atoms with Crippen molar-refractivity contribution >= 4 is 5.69 Å². The van der Waals surface area contributed by atoms with Gasteiger partial charge in [0.05, 0.1) is 12.3 Å². The summed E-state index contributed by atoms with van der Waals surface area (Å²) in [6, 6.07) is 12.6. The molecule has 0 bridgehead atoms. The molecule has 0 aliphatic heterocycles. The molecular formula is C16H22N2O. The fourth-order valence-corrected chi connectivity index (χ4v) is 2.19. The summed E-state index contributed by atoms with van der Waals surface area (Å²) in [6.45, 7) is 3.09. The SMILES string of the molecule is CCC(Nc1ccccc1CN(C)C)c1ccco1. The lowest BCUT2D eigenvalue weighted by Crippen LogP contribution is -2.15. The van der Waals surface area contributed by atoms with Gasteiger partial charge in [0.25, 0.3) is 0 Å². The summed E-state index contributed by atoms with van der Waals surface area (Å²) >= 11 is 0. The Labute approximate surface area is 115 Å². The first kappa shape index (κ1) is 13.7. The lowest BCUT2D eigenvalue weighted by molar-refractivity contribution is 0.402. The molecule has 2 rings (SSSR count). The van der Waals surface area contributed by atoms with Gasteiger partial charge in [0, 0.05) is 12.2 Å². The lowest BCUT2D eigenvalue weighted by Gasteiger charge is -2.20. The molecule has 0 amide bonds. The fraction of sp³-hybridized carbons (Fsp3) is 0.375. The van der Waals surface area contributed by atoms with Gasteiger partial charge in [0.2, 0.25) is 0 Å². The third-order valence-corrected chi connectivity index (χ3v) is 3.13. The summed E-state index contributed by atoms with van der Waals surface area (Å²) in [4.78, 5) is 2.17. The molecule has 1 atom stereocenters. The maximum absolute atomic E-state index is 5.51. The van der Waals surface area contributed by atoms with Gasteiger partial charge in [-0.15, -0.1) is 0 Å². The quantitative estimate of drug-likeness (QED) is 0.851. The lowest BCUT2D eigenvalue weighted by atomic mass is 10.1. The van der Waals surface area contributed by atoms with E-state index in [0.29, 0.717) is 0 Å². The first-order chi connectivity index (χ1) is 9.20. The molecule has 0 spiro atoms. The summed E-state index contributed by atoms with van der Waals surface area (Å²) in [5, 5.41) is 3.58. The van der Waals surface area contributed by atoms with E-state index in [0.717, 1.165) is 18.7 Å². The summed E-state index contributed by atoms with van der Waals surface area (Å²) < 4.78 is 5.51. The number of nitrogens with zero attached hydrogens (tertiary/aromatic N) is 1. The summed E-state index contributed by atoms with van der Waals surface area (Å²) in [5.41, 5.74) is 2.48. The van der Waals surface area contributed by atoms with Crippen molar-refractivity contribution in [1.29, 1.82) is 0 Å². The fourth-order valence-electron chi connectivity index (χ4n) is 2.19. The average molecular weight is 258 g/mol. The molecular weight excluding hydrogens is 236 g/mol. The zero-order chi connectivity index (χ0) is 13.7. The van der Waals surface area contributed by atoms with Crippen LogP contribution in [-0.4, -0.2) is 19.0 Å². The van der Waals surface area contributed by atoms with Gasteiger partial charge < -0.3 is 14.6 Å². The minimum absolute atomic E-state index is 0.221. The Morgan fingerprint density at radius 1 is 1.16 bits per heavy atom. The van der Waals surface area contributed by atoms with Crippen LogP contribution in [0.3, 0.4) is 0 Å². The van der Waals surface area contributed by atoms with Crippen LogP contribution in [0, 0.1) is 0 Å². The van der Waals surface area contributed by atoms with E-state index < -0.39 is 0 Å². The van der Waals surface area contributed by atoms with Crippen molar-refractivity contribution in [1.82, 2.24) is 4.90 Å². The Morgan fingerprint density at radius 2 is 1.95 bits per heavy atom. The van der Waals surface area contributed by atoms with Crippen LogP contribution in [-0.2, 0) is 6.54 Å². The second-order valence-electron chi connectivity index (χ2n) is 5.02. The minimum atomic E-state index is 0.221. The Balaban J connectivity index is 2.17. The first-order valence-corrected chi connectivity index (χ1v) is 6.73. The molecule has 1 heterocycles. The average Bonchev–Trinajstić information content (AvgIpc) is 2.91. The number of anilines is 1. The van der Waals surface area contributed by atoms with Crippen LogP contribution < -0.4 is 5.32 Å². The predicted molar refractivity (Wildman–Crippen MR) is 79.2 cm³/mol. The van der Waals surface area contributed by atoms with E-state index >= 15 is 0 Å². The van der Waals surface area contributed by atoms with Gasteiger partial charge in [-0.25, -0.2) is 0 Å². The Morgan fingerprint density at radius 3 is 2.58 bits per heavy atom. The molecule has 0 saturated heterocycles. The number of rotatable bonds is 6. The molecule has 3 nitrogen and oxygen atoms in total. The van der Waals surface area contributed by atoms with Crippen molar-refractivity contribution < 1.29 is 4.42 Å². The van der Waals surface area contributed by atoms with Crippen molar-refractivity contribution in [2.24, 2.45) is 0 Å². The number of para-hydroxylation sites is 1. The molecule has 19 heavy (non-hydrogen) atoms. The van der Waals surface area contributed by atoms with Crippen LogP contribution in [0.15, 0.2) is 47.1 Å². The van der Waals surface area contributed by atoms with Gasteiger partial charge >= 0.3 is 0 Å². The van der Waals surface area contributed by atoms with Gasteiger partial charge in [-0.3, -0.25) is 0 Å². The molecule has 0 radical (unpaired) electrons. The number of hydrogen-bond donors (Lipinski definition) is 1. The van der Waals surface area contributed by atoms with Crippen molar-refractivity contribution in [2.45, 2.75) is 25.9 Å². The molecule has 2 aromatic rings. The zero-order valence-electron chi connectivity index (χ0n) is 11.9. The maximum Gasteiger partial charge on any atom is 0.125 e. The van der Waals surface area contributed by atoms with Crippen LogP contribution in [0.1, 0.15) is 30.7 Å². The van der Waals surface area contributed by atoms with Gasteiger partial charge in [-0.05, 0) is 44.3 Å². The van der Waals surface area contributed by atoms with Crippen molar-refractivity contribution in [3.8, 4) is 0 Å². The molecule has 0 aliphatic carbocycles. The normalized spacial score (nSPS) is 12.6.